The van der Waals surface area contributed by atoms with Crippen LogP contribution < -0.4 is 28.4 Å². The Morgan fingerprint density at radius 3 is 1.88 bits per heavy atom. The second-order valence-corrected chi connectivity index (χ2v) is 14.7. The third-order valence-electron chi connectivity index (χ3n) is 10.0. The predicted molar refractivity (Wildman–Crippen MR) is 221 cm³/mol. The lowest BCUT2D eigenvalue weighted by molar-refractivity contribution is 0.126. The van der Waals surface area contributed by atoms with E-state index in [4.69, 9.17) is 37.9 Å². The molecule has 12 heteroatoms. The first-order valence-corrected chi connectivity index (χ1v) is 20.0. The highest BCUT2D eigenvalue weighted by atomic mass is 32.1. The first-order chi connectivity index (χ1) is 27.5. The van der Waals surface area contributed by atoms with E-state index in [-0.39, 0.29) is 0 Å². The number of para-hydroxylation sites is 1. The van der Waals surface area contributed by atoms with E-state index in [0.29, 0.717) is 46.8 Å². The van der Waals surface area contributed by atoms with Crippen LogP contribution in [-0.4, -0.2) is 101 Å². The number of nitrogens with zero attached hydrogens (tertiary/aromatic N) is 4. The number of hydrogen-bond donors (Lipinski definition) is 0. The van der Waals surface area contributed by atoms with E-state index in [0.717, 1.165) is 105 Å². The summed E-state index contributed by atoms with van der Waals surface area (Å²) in [5.74, 6) is 4.48. The fourth-order valence-electron chi connectivity index (χ4n) is 6.89. The lowest BCUT2D eigenvalue weighted by Gasteiger charge is -2.34. The van der Waals surface area contributed by atoms with Crippen molar-refractivity contribution in [3.05, 3.63) is 84.9 Å². The van der Waals surface area contributed by atoms with Crippen LogP contribution in [0.3, 0.4) is 0 Å². The van der Waals surface area contributed by atoms with Gasteiger partial charge in [0.2, 0.25) is 5.75 Å². The Morgan fingerprint density at radius 1 is 0.607 bits per heavy atom. The summed E-state index contributed by atoms with van der Waals surface area (Å²) in [7, 11) is 6.40. The quantitative estimate of drug-likeness (QED) is 0.0737. The van der Waals surface area contributed by atoms with Crippen LogP contribution in [0.1, 0.15) is 25.7 Å². The molecule has 3 heterocycles. The van der Waals surface area contributed by atoms with Crippen molar-refractivity contribution in [2.75, 3.05) is 80.9 Å². The standard InChI is InChI=1S/C44H50N4O7S/c1-49-37-18-15-32(38-30-36(46-55-38)33-28-40(50-2)43(52-4)41(29-33)51-3)27-39(37)54-26-10-8-20-48-23-21-47(22-24-48)19-7-9-25-53-34-16-13-31(14-17-34)44-45-35-11-5-6-12-42(35)56-44/h5-6,11-18,27-30H,7-10,19-26H2,1-4H3. The molecule has 0 atom stereocenters. The minimum atomic E-state index is 0.520. The van der Waals surface area contributed by atoms with Gasteiger partial charge in [-0.25, -0.2) is 4.98 Å². The number of aromatic nitrogens is 2. The number of methoxy groups -OCH3 is 4. The van der Waals surface area contributed by atoms with Crippen LogP contribution in [-0.2, 0) is 0 Å². The summed E-state index contributed by atoms with van der Waals surface area (Å²) in [5.41, 5.74) is 4.44. The first-order valence-electron chi connectivity index (χ1n) is 19.2. The molecular weight excluding hydrogens is 729 g/mol. The Bertz CT molecular complexity index is 2100. The van der Waals surface area contributed by atoms with E-state index >= 15 is 0 Å². The number of ether oxygens (including phenoxy) is 6. The summed E-state index contributed by atoms with van der Waals surface area (Å²) in [6.07, 6.45) is 4.20. The van der Waals surface area contributed by atoms with E-state index in [2.05, 4.69) is 57.4 Å². The molecule has 0 aliphatic carbocycles. The van der Waals surface area contributed by atoms with E-state index in [1.165, 1.54) is 4.70 Å². The lowest BCUT2D eigenvalue weighted by Crippen LogP contribution is -2.46. The second kappa shape index (κ2) is 19.0. The van der Waals surface area contributed by atoms with Crippen LogP contribution in [0.5, 0.6) is 34.5 Å². The number of rotatable bonds is 19. The maximum Gasteiger partial charge on any atom is 0.203 e. The highest BCUT2D eigenvalue weighted by molar-refractivity contribution is 7.21. The molecule has 7 rings (SSSR count). The van der Waals surface area contributed by atoms with Crippen LogP contribution >= 0.6 is 11.3 Å². The molecule has 0 spiro atoms. The van der Waals surface area contributed by atoms with Crippen LogP contribution in [0.15, 0.2) is 89.5 Å². The number of piperazine rings is 1. The molecule has 0 amide bonds. The van der Waals surface area contributed by atoms with Gasteiger partial charge in [-0.2, -0.15) is 0 Å². The summed E-state index contributed by atoms with van der Waals surface area (Å²) in [6.45, 7) is 7.94. The third-order valence-corrected chi connectivity index (χ3v) is 11.1. The molecule has 0 bridgehead atoms. The molecule has 1 aliphatic rings. The fraction of sp³-hybridized carbons (Fsp3) is 0.364. The van der Waals surface area contributed by atoms with Gasteiger partial charge in [0.1, 0.15) is 16.5 Å². The Labute approximate surface area is 332 Å². The Kier molecular flexibility index (Phi) is 13.2. The summed E-state index contributed by atoms with van der Waals surface area (Å²) in [6, 6.07) is 27.9. The molecule has 4 aromatic carbocycles. The SMILES string of the molecule is COc1ccc(-c2cc(-c3cc(OC)c(OC)c(OC)c3)no2)cc1OCCCCN1CCN(CCCCOc2ccc(-c3nc4ccccc4s3)cc2)CC1. The number of fused-ring (bicyclic) bond motifs is 1. The van der Waals surface area contributed by atoms with Gasteiger partial charge in [0.05, 0.1) is 51.9 Å². The van der Waals surface area contributed by atoms with E-state index in [1.54, 1.807) is 39.8 Å². The Hall–Kier alpha value is -5.30. The molecular formula is C44H50N4O7S. The zero-order chi connectivity index (χ0) is 38.7. The van der Waals surface area contributed by atoms with Gasteiger partial charge in [-0.15, -0.1) is 11.3 Å². The van der Waals surface area contributed by atoms with Crippen LogP contribution in [0.4, 0.5) is 0 Å². The molecule has 294 valence electrons. The van der Waals surface area contributed by atoms with E-state index in [1.807, 2.05) is 42.5 Å². The number of benzene rings is 4. The zero-order valence-corrected chi connectivity index (χ0v) is 33.4. The summed E-state index contributed by atoms with van der Waals surface area (Å²) < 4.78 is 41.3. The van der Waals surface area contributed by atoms with E-state index in [9.17, 15) is 0 Å². The maximum absolute atomic E-state index is 6.23. The Balaban J connectivity index is 0.790. The normalized spacial score (nSPS) is 13.5. The minimum absolute atomic E-state index is 0.520. The van der Waals surface area contributed by atoms with Crippen molar-refractivity contribution in [3.63, 3.8) is 0 Å². The minimum Gasteiger partial charge on any atom is -0.494 e. The van der Waals surface area contributed by atoms with Crippen LogP contribution in [0.25, 0.3) is 43.4 Å². The van der Waals surface area contributed by atoms with Crippen molar-refractivity contribution in [1.29, 1.82) is 0 Å². The van der Waals surface area contributed by atoms with Gasteiger partial charge in [0.15, 0.2) is 28.8 Å². The monoisotopic (exact) mass is 778 g/mol. The van der Waals surface area contributed by atoms with Crippen LogP contribution in [0.2, 0.25) is 0 Å². The highest BCUT2D eigenvalue weighted by Gasteiger charge is 2.19. The predicted octanol–water partition coefficient (Wildman–Crippen LogP) is 8.96. The summed E-state index contributed by atoms with van der Waals surface area (Å²) >= 11 is 1.72. The lowest BCUT2D eigenvalue weighted by atomic mass is 10.1. The van der Waals surface area contributed by atoms with Crippen molar-refractivity contribution >= 4 is 21.6 Å². The van der Waals surface area contributed by atoms with Gasteiger partial charge >= 0.3 is 0 Å². The van der Waals surface area contributed by atoms with Crippen molar-refractivity contribution in [3.8, 4) is 67.6 Å². The molecule has 1 fully saturated rings. The largest absolute Gasteiger partial charge is 0.494 e. The van der Waals surface area contributed by atoms with Crippen molar-refractivity contribution < 1.29 is 32.9 Å². The first kappa shape index (κ1) is 39.0. The van der Waals surface area contributed by atoms with Gasteiger partial charge < -0.3 is 42.7 Å². The second-order valence-electron chi connectivity index (χ2n) is 13.7. The molecule has 0 N–H and O–H groups in total. The topological polar surface area (TPSA) is 101 Å². The van der Waals surface area contributed by atoms with E-state index < -0.39 is 0 Å². The van der Waals surface area contributed by atoms with Gasteiger partial charge in [-0.05, 0) is 106 Å². The van der Waals surface area contributed by atoms with Gasteiger partial charge in [0, 0.05) is 48.9 Å². The van der Waals surface area contributed by atoms with Crippen molar-refractivity contribution in [1.82, 2.24) is 19.9 Å². The summed E-state index contributed by atoms with van der Waals surface area (Å²) in [5, 5.41) is 5.35. The van der Waals surface area contributed by atoms with Crippen molar-refractivity contribution in [2.24, 2.45) is 0 Å². The molecule has 1 saturated heterocycles. The molecule has 1 aliphatic heterocycles. The molecule has 6 aromatic rings. The molecule has 0 saturated carbocycles. The fourth-order valence-corrected chi connectivity index (χ4v) is 7.86. The molecule has 0 radical (unpaired) electrons. The van der Waals surface area contributed by atoms with Gasteiger partial charge in [-0.1, -0.05) is 17.3 Å². The van der Waals surface area contributed by atoms with Gasteiger partial charge in [0.25, 0.3) is 0 Å². The smallest absolute Gasteiger partial charge is 0.203 e. The zero-order valence-electron chi connectivity index (χ0n) is 32.6. The number of thiazole rings is 1. The van der Waals surface area contributed by atoms with Crippen molar-refractivity contribution in [2.45, 2.75) is 25.7 Å². The number of hydrogen-bond acceptors (Lipinski definition) is 12. The molecule has 2 aromatic heterocycles. The molecule has 0 unspecified atom stereocenters. The maximum atomic E-state index is 6.23. The average Bonchev–Trinajstić information content (AvgIpc) is 3.92. The molecule has 11 nitrogen and oxygen atoms in total. The Morgan fingerprint density at radius 2 is 1.23 bits per heavy atom. The van der Waals surface area contributed by atoms with Gasteiger partial charge in [-0.3, -0.25) is 0 Å². The third kappa shape index (κ3) is 9.55. The van der Waals surface area contributed by atoms with Crippen LogP contribution in [0, 0.1) is 0 Å². The molecule has 56 heavy (non-hydrogen) atoms. The summed E-state index contributed by atoms with van der Waals surface area (Å²) in [4.78, 5) is 9.90. The average molecular weight is 779 g/mol. The number of unbranched alkanes of at least 4 members (excludes halogenated alkanes) is 2. The highest BCUT2D eigenvalue weighted by Crippen LogP contribution is 2.42.